The van der Waals surface area contributed by atoms with Crippen molar-refractivity contribution >= 4 is 11.8 Å². The average Bonchev–Trinajstić information content (AvgIpc) is 2.29. The number of aliphatic hydroxyl groups excluding tert-OH is 1. The van der Waals surface area contributed by atoms with Gasteiger partial charge in [-0.15, -0.1) is 11.8 Å². The fraction of sp³-hybridized carbons (Fsp3) is 0.545. The third kappa shape index (κ3) is 4.20. The minimum absolute atomic E-state index is 0.442. The summed E-state index contributed by atoms with van der Waals surface area (Å²) in [7, 11) is 1.69. The predicted molar refractivity (Wildman–Crippen MR) is 62.1 cm³/mol. The van der Waals surface area contributed by atoms with Gasteiger partial charge in [-0.3, -0.25) is 4.98 Å². The number of ether oxygens (including phenoxy) is 1. The van der Waals surface area contributed by atoms with Crippen molar-refractivity contribution < 1.29 is 9.84 Å². The van der Waals surface area contributed by atoms with Gasteiger partial charge in [0, 0.05) is 24.0 Å². The highest BCUT2D eigenvalue weighted by Crippen LogP contribution is 2.19. The number of aliphatic hydroxyl groups is 1. The molecule has 15 heavy (non-hydrogen) atoms. The fourth-order valence-electron chi connectivity index (χ4n) is 1.13. The first-order valence-electron chi connectivity index (χ1n) is 5.03. The predicted octanol–water partition coefficient (Wildman–Crippen LogP) is 2.26. The molecule has 0 amide bonds. The lowest BCUT2D eigenvalue weighted by molar-refractivity contribution is 0.169. The number of nitrogens with zero attached hydrogens (tertiary/aromatic N) is 1. The summed E-state index contributed by atoms with van der Waals surface area (Å²) in [5, 5.41) is 9.54. The molecule has 0 aliphatic carbocycles. The Hall–Kier alpha value is -0.580. The van der Waals surface area contributed by atoms with Crippen molar-refractivity contribution in [2.75, 3.05) is 19.5 Å². The summed E-state index contributed by atoms with van der Waals surface area (Å²) < 4.78 is 4.96. The molecule has 1 atom stereocenters. The van der Waals surface area contributed by atoms with Crippen LogP contribution in [-0.4, -0.2) is 29.6 Å². The first kappa shape index (κ1) is 12.5. The molecule has 1 N–H and O–H groups in total. The summed E-state index contributed by atoms with van der Waals surface area (Å²) >= 11 is 1.70. The summed E-state index contributed by atoms with van der Waals surface area (Å²) in [5.41, 5.74) is 0.744. The fourth-order valence-corrected chi connectivity index (χ4v) is 1.90. The Balaban J connectivity index is 2.49. The van der Waals surface area contributed by atoms with Crippen LogP contribution in [0.2, 0.25) is 0 Å². The van der Waals surface area contributed by atoms with Crippen LogP contribution >= 0.6 is 11.8 Å². The van der Waals surface area contributed by atoms with Gasteiger partial charge in [0.05, 0.1) is 18.4 Å². The molecule has 1 heterocycles. The van der Waals surface area contributed by atoms with Crippen molar-refractivity contribution in [3.63, 3.8) is 0 Å². The van der Waals surface area contributed by atoms with Crippen LogP contribution in [0.5, 0.6) is 0 Å². The zero-order chi connectivity index (χ0) is 11.1. The van der Waals surface area contributed by atoms with E-state index in [2.05, 4.69) is 4.98 Å². The number of rotatable bonds is 6. The smallest absolute Gasteiger partial charge is 0.0957 e. The van der Waals surface area contributed by atoms with E-state index in [1.165, 1.54) is 0 Å². The Morgan fingerprint density at radius 3 is 2.87 bits per heavy atom. The van der Waals surface area contributed by atoms with Crippen LogP contribution in [-0.2, 0) is 4.74 Å². The molecule has 0 aliphatic rings. The largest absolute Gasteiger partial charge is 0.387 e. The average molecular weight is 227 g/mol. The Bertz CT molecular complexity index is 276. The van der Waals surface area contributed by atoms with E-state index in [1.54, 1.807) is 25.1 Å². The Kier molecular flexibility index (Phi) is 5.68. The van der Waals surface area contributed by atoms with E-state index < -0.39 is 6.10 Å². The molecule has 0 radical (unpaired) electrons. The van der Waals surface area contributed by atoms with Crippen LogP contribution in [0.3, 0.4) is 0 Å². The third-order valence-corrected chi connectivity index (χ3v) is 2.99. The second-order valence-electron chi connectivity index (χ2n) is 3.18. The molecule has 0 saturated heterocycles. The van der Waals surface area contributed by atoms with Gasteiger partial charge in [-0.05, 0) is 18.6 Å². The van der Waals surface area contributed by atoms with Gasteiger partial charge in [0.2, 0.25) is 0 Å². The summed E-state index contributed by atoms with van der Waals surface area (Å²) in [5.74, 6) is 0.924. The molecule has 4 heteroatoms. The summed E-state index contributed by atoms with van der Waals surface area (Å²) in [6.07, 6.45) is 2.06. The summed E-state index contributed by atoms with van der Waals surface area (Å²) in [6, 6.07) is 3.87. The highest BCUT2D eigenvalue weighted by molar-refractivity contribution is 7.99. The van der Waals surface area contributed by atoms with Crippen molar-refractivity contribution in [2.45, 2.75) is 24.3 Å². The Morgan fingerprint density at radius 2 is 2.33 bits per heavy atom. The van der Waals surface area contributed by atoms with Crippen molar-refractivity contribution in [2.24, 2.45) is 0 Å². The van der Waals surface area contributed by atoms with Crippen molar-refractivity contribution in [3.8, 4) is 0 Å². The molecule has 0 fully saturated rings. The zero-order valence-corrected chi connectivity index (χ0v) is 9.96. The highest BCUT2D eigenvalue weighted by Gasteiger charge is 2.05. The van der Waals surface area contributed by atoms with Gasteiger partial charge in [0.15, 0.2) is 0 Å². The number of hydrogen-bond donors (Lipinski definition) is 1. The number of pyridine rings is 1. The number of methoxy groups -OCH3 is 1. The van der Waals surface area contributed by atoms with Gasteiger partial charge in [0.1, 0.15) is 0 Å². The lowest BCUT2D eigenvalue weighted by Gasteiger charge is -2.07. The molecule has 3 nitrogen and oxygen atoms in total. The molecule has 0 aliphatic heterocycles. The van der Waals surface area contributed by atoms with Gasteiger partial charge >= 0.3 is 0 Å². The summed E-state index contributed by atoms with van der Waals surface area (Å²) in [6.45, 7) is 2.68. The maximum atomic E-state index is 9.54. The molecule has 0 spiro atoms. The van der Waals surface area contributed by atoms with Crippen molar-refractivity contribution in [1.29, 1.82) is 0 Å². The van der Waals surface area contributed by atoms with E-state index in [1.807, 2.05) is 19.1 Å². The van der Waals surface area contributed by atoms with Crippen LogP contribution in [0.15, 0.2) is 23.2 Å². The molecule has 84 valence electrons. The molecular formula is C11H17NO2S. The van der Waals surface area contributed by atoms with Gasteiger partial charge in [0.25, 0.3) is 0 Å². The number of thioether (sulfide) groups is 1. The standard InChI is InChI=1S/C11H17NO2S/c1-3-11(13)10-5-4-9(8-12-10)15-7-6-14-2/h4-5,8,11,13H,3,6-7H2,1-2H3/t11-/m1/s1. The summed E-state index contributed by atoms with van der Waals surface area (Å²) in [4.78, 5) is 5.33. The second-order valence-corrected chi connectivity index (χ2v) is 4.35. The van der Waals surface area contributed by atoms with Crippen LogP contribution in [0.25, 0.3) is 0 Å². The maximum absolute atomic E-state index is 9.54. The van der Waals surface area contributed by atoms with Crippen molar-refractivity contribution in [3.05, 3.63) is 24.0 Å². The van der Waals surface area contributed by atoms with E-state index in [-0.39, 0.29) is 0 Å². The topological polar surface area (TPSA) is 42.4 Å². The number of aromatic nitrogens is 1. The van der Waals surface area contributed by atoms with E-state index in [9.17, 15) is 5.11 Å². The molecule has 1 aromatic heterocycles. The quantitative estimate of drug-likeness (QED) is 0.598. The maximum Gasteiger partial charge on any atom is 0.0957 e. The lowest BCUT2D eigenvalue weighted by Crippen LogP contribution is -1.98. The van der Waals surface area contributed by atoms with Gasteiger partial charge < -0.3 is 9.84 Å². The lowest BCUT2D eigenvalue weighted by atomic mass is 10.2. The van der Waals surface area contributed by atoms with Gasteiger partial charge in [-0.2, -0.15) is 0 Å². The SMILES string of the molecule is CC[C@@H](O)c1ccc(SCCOC)cn1. The minimum Gasteiger partial charge on any atom is -0.387 e. The van der Waals surface area contributed by atoms with E-state index >= 15 is 0 Å². The van der Waals surface area contributed by atoms with Crippen LogP contribution in [0, 0.1) is 0 Å². The second kappa shape index (κ2) is 6.82. The third-order valence-electron chi connectivity index (χ3n) is 2.04. The van der Waals surface area contributed by atoms with Crippen LogP contribution in [0.4, 0.5) is 0 Å². The highest BCUT2D eigenvalue weighted by atomic mass is 32.2. The van der Waals surface area contributed by atoms with Crippen LogP contribution < -0.4 is 0 Å². The van der Waals surface area contributed by atoms with Crippen molar-refractivity contribution in [1.82, 2.24) is 4.98 Å². The minimum atomic E-state index is -0.442. The monoisotopic (exact) mass is 227 g/mol. The molecule has 0 aromatic carbocycles. The van der Waals surface area contributed by atoms with E-state index in [0.717, 1.165) is 22.9 Å². The molecule has 0 saturated carbocycles. The number of hydrogen-bond acceptors (Lipinski definition) is 4. The molecular weight excluding hydrogens is 210 g/mol. The van der Waals surface area contributed by atoms with E-state index in [4.69, 9.17) is 4.74 Å². The molecule has 1 aromatic rings. The normalized spacial score (nSPS) is 12.7. The van der Waals surface area contributed by atoms with Gasteiger partial charge in [-0.1, -0.05) is 6.92 Å². The Morgan fingerprint density at radius 1 is 1.53 bits per heavy atom. The first-order chi connectivity index (χ1) is 7.27. The molecule has 0 bridgehead atoms. The van der Waals surface area contributed by atoms with E-state index in [0.29, 0.717) is 6.42 Å². The first-order valence-corrected chi connectivity index (χ1v) is 6.02. The Labute approximate surface area is 94.9 Å². The molecule has 0 unspecified atom stereocenters. The molecule has 1 rings (SSSR count). The zero-order valence-electron chi connectivity index (χ0n) is 9.14. The van der Waals surface area contributed by atoms with Crippen LogP contribution in [0.1, 0.15) is 25.1 Å². The van der Waals surface area contributed by atoms with Gasteiger partial charge in [-0.25, -0.2) is 0 Å².